The number of hydrogen-bond acceptors (Lipinski definition) is 6. The zero-order valence-electron chi connectivity index (χ0n) is 40.5. The van der Waals surface area contributed by atoms with Gasteiger partial charge in [0.1, 0.15) is 13.2 Å². The third-order valence-corrected chi connectivity index (χ3v) is 10.3. The highest BCUT2D eigenvalue weighted by molar-refractivity contribution is 5.71. The Morgan fingerprint density at radius 3 is 1.10 bits per heavy atom. The molecule has 0 aromatic carbocycles. The Bertz CT molecular complexity index is 1330. The van der Waals surface area contributed by atoms with Crippen molar-refractivity contribution in [3.8, 4) is 0 Å². The van der Waals surface area contributed by atoms with Crippen molar-refractivity contribution in [2.45, 2.75) is 219 Å². The van der Waals surface area contributed by atoms with Gasteiger partial charge < -0.3 is 14.2 Å². The Morgan fingerprint density at radius 1 is 0.333 bits per heavy atom. The van der Waals surface area contributed by atoms with Crippen LogP contribution in [0.4, 0.5) is 0 Å². The van der Waals surface area contributed by atoms with Gasteiger partial charge in [-0.2, -0.15) is 0 Å². The average Bonchev–Trinajstić information content (AvgIpc) is 3.28. The summed E-state index contributed by atoms with van der Waals surface area (Å²) in [5.41, 5.74) is 0. The molecule has 6 nitrogen and oxygen atoms in total. The molecule has 63 heavy (non-hydrogen) atoms. The molecule has 6 heteroatoms. The number of esters is 3. The quantitative estimate of drug-likeness (QED) is 0.0263. The van der Waals surface area contributed by atoms with Crippen LogP contribution in [0.3, 0.4) is 0 Å². The molecule has 0 saturated heterocycles. The second-order valence-corrected chi connectivity index (χ2v) is 16.3. The van der Waals surface area contributed by atoms with Crippen molar-refractivity contribution >= 4 is 17.9 Å². The third-order valence-electron chi connectivity index (χ3n) is 10.3. The average molecular weight is 873 g/mol. The first kappa shape index (κ1) is 59.1. The molecule has 0 heterocycles. The molecule has 0 aliphatic rings. The summed E-state index contributed by atoms with van der Waals surface area (Å²) in [5, 5.41) is 0. The second-order valence-electron chi connectivity index (χ2n) is 16.3. The normalized spacial score (nSPS) is 13.0. The van der Waals surface area contributed by atoms with E-state index in [-0.39, 0.29) is 37.5 Å². The minimum absolute atomic E-state index is 0.108. The summed E-state index contributed by atoms with van der Waals surface area (Å²) in [6, 6.07) is 0. The van der Waals surface area contributed by atoms with Crippen molar-refractivity contribution in [3.63, 3.8) is 0 Å². The zero-order valence-corrected chi connectivity index (χ0v) is 40.5. The van der Waals surface area contributed by atoms with Gasteiger partial charge in [0.05, 0.1) is 0 Å². The van der Waals surface area contributed by atoms with Gasteiger partial charge in [-0.1, -0.05) is 207 Å². The molecule has 0 fully saturated rings. The van der Waals surface area contributed by atoms with Crippen molar-refractivity contribution in [2.75, 3.05) is 13.2 Å². The number of ether oxygens (including phenoxy) is 3. The third kappa shape index (κ3) is 49.0. The molecular formula is C57H92O6. The van der Waals surface area contributed by atoms with Crippen LogP contribution in [0.1, 0.15) is 213 Å². The zero-order chi connectivity index (χ0) is 45.8. The first-order valence-corrected chi connectivity index (χ1v) is 25.4. The van der Waals surface area contributed by atoms with Crippen LogP contribution >= 0.6 is 0 Å². The number of hydrogen-bond donors (Lipinski definition) is 0. The highest BCUT2D eigenvalue weighted by Crippen LogP contribution is 2.12. The van der Waals surface area contributed by atoms with E-state index in [1.54, 1.807) is 0 Å². The lowest BCUT2D eigenvalue weighted by molar-refractivity contribution is -0.166. The lowest BCUT2D eigenvalue weighted by atomic mass is 10.1. The summed E-state index contributed by atoms with van der Waals surface area (Å²) in [4.78, 5) is 37.8. The number of unbranched alkanes of at least 4 members (excludes halogenated alkanes) is 15. The molecule has 0 amide bonds. The van der Waals surface area contributed by atoms with Gasteiger partial charge in [0.15, 0.2) is 6.10 Å². The van der Waals surface area contributed by atoms with E-state index in [1.807, 2.05) is 12.2 Å². The Kier molecular flexibility index (Phi) is 47.5. The van der Waals surface area contributed by atoms with Gasteiger partial charge in [-0.3, -0.25) is 14.4 Å². The smallest absolute Gasteiger partial charge is 0.306 e. The van der Waals surface area contributed by atoms with Crippen LogP contribution < -0.4 is 0 Å². The van der Waals surface area contributed by atoms with Crippen LogP contribution in [-0.4, -0.2) is 37.2 Å². The van der Waals surface area contributed by atoms with Crippen LogP contribution in [-0.2, 0) is 28.6 Å². The summed E-state index contributed by atoms with van der Waals surface area (Å²) in [7, 11) is 0. The van der Waals surface area contributed by atoms with Gasteiger partial charge in [0.2, 0.25) is 0 Å². The molecular weight excluding hydrogens is 781 g/mol. The van der Waals surface area contributed by atoms with Gasteiger partial charge in [-0.05, 0) is 96.3 Å². The van der Waals surface area contributed by atoms with Crippen molar-refractivity contribution in [3.05, 3.63) is 109 Å². The SMILES string of the molecule is CC/C=C\C/C=C\C/C=C\C/C=C\C/C=C\C/C=C\CCC(=O)OCC(COC(=O)CCCCCCCCC)OC(=O)CCCCCCCC/C=C\C/C=C\C/C=C\CCCCC. The van der Waals surface area contributed by atoms with E-state index in [2.05, 4.69) is 118 Å². The fourth-order valence-electron chi connectivity index (χ4n) is 6.47. The van der Waals surface area contributed by atoms with E-state index >= 15 is 0 Å². The summed E-state index contributed by atoms with van der Waals surface area (Å²) in [6.45, 7) is 6.36. The molecule has 0 rings (SSSR count). The van der Waals surface area contributed by atoms with Crippen LogP contribution in [0.15, 0.2) is 109 Å². The molecule has 0 spiro atoms. The number of carbonyl (C=O) groups excluding carboxylic acids is 3. The fourth-order valence-corrected chi connectivity index (χ4v) is 6.47. The van der Waals surface area contributed by atoms with Crippen LogP contribution in [0.25, 0.3) is 0 Å². The Hall–Kier alpha value is -3.93. The van der Waals surface area contributed by atoms with Crippen LogP contribution in [0.5, 0.6) is 0 Å². The standard InChI is InChI=1S/C57H92O6/c1-4-7-10-13-16-18-20-22-24-26-28-30-32-34-36-38-41-44-47-50-56(59)62-53-54(52-61-55(58)49-46-43-40-15-12-9-6-3)63-57(60)51-48-45-42-39-37-35-33-31-29-27-25-23-21-19-17-14-11-8-5-2/h7,10,16-19,22-25,28-31,34,36,41,44,54H,4-6,8-9,11-15,20-21,26-27,32-33,35,37-40,42-43,45-53H2,1-3H3/b10-7-,18-16-,19-17-,24-22-,25-23-,30-28-,31-29-,36-34-,44-41-. The molecule has 0 radical (unpaired) electrons. The minimum atomic E-state index is -0.814. The van der Waals surface area contributed by atoms with E-state index in [0.29, 0.717) is 19.3 Å². The van der Waals surface area contributed by atoms with Crippen molar-refractivity contribution in [1.29, 1.82) is 0 Å². The van der Waals surface area contributed by atoms with E-state index in [1.165, 1.54) is 64.2 Å². The molecule has 1 unspecified atom stereocenters. The molecule has 0 aromatic heterocycles. The van der Waals surface area contributed by atoms with Gasteiger partial charge in [-0.15, -0.1) is 0 Å². The molecule has 0 aliphatic heterocycles. The molecule has 0 bridgehead atoms. The monoisotopic (exact) mass is 873 g/mol. The molecule has 0 saturated carbocycles. The topological polar surface area (TPSA) is 78.9 Å². The van der Waals surface area contributed by atoms with Crippen LogP contribution in [0.2, 0.25) is 0 Å². The Balaban J connectivity index is 4.43. The highest BCUT2D eigenvalue weighted by atomic mass is 16.6. The van der Waals surface area contributed by atoms with E-state index in [4.69, 9.17) is 14.2 Å². The number of carbonyl (C=O) groups is 3. The minimum Gasteiger partial charge on any atom is -0.462 e. The van der Waals surface area contributed by atoms with Gasteiger partial charge in [-0.25, -0.2) is 0 Å². The maximum Gasteiger partial charge on any atom is 0.306 e. The summed E-state index contributed by atoms with van der Waals surface area (Å²) in [5.74, 6) is -1.02. The number of allylic oxidation sites excluding steroid dienone is 18. The first-order valence-electron chi connectivity index (χ1n) is 25.4. The van der Waals surface area contributed by atoms with Crippen molar-refractivity contribution in [2.24, 2.45) is 0 Å². The molecule has 356 valence electrons. The summed E-state index contributed by atoms with van der Waals surface area (Å²) >= 11 is 0. The predicted molar refractivity (Wildman–Crippen MR) is 270 cm³/mol. The Labute approximate surface area is 387 Å². The molecule has 1 atom stereocenters. The Morgan fingerprint density at radius 2 is 0.651 bits per heavy atom. The van der Waals surface area contributed by atoms with Gasteiger partial charge >= 0.3 is 17.9 Å². The van der Waals surface area contributed by atoms with E-state index in [9.17, 15) is 14.4 Å². The van der Waals surface area contributed by atoms with E-state index in [0.717, 1.165) is 103 Å². The highest BCUT2D eigenvalue weighted by Gasteiger charge is 2.19. The van der Waals surface area contributed by atoms with E-state index < -0.39 is 6.10 Å². The maximum absolute atomic E-state index is 12.8. The summed E-state index contributed by atoms with van der Waals surface area (Å²) in [6.07, 6.45) is 68.1. The second kappa shape index (κ2) is 50.7. The van der Waals surface area contributed by atoms with Crippen molar-refractivity contribution in [1.82, 2.24) is 0 Å². The fraction of sp³-hybridized carbons (Fsp3) is 0.632. The van der Waals surface area contributed by atoms with Crippen LogP contribution in [0, 0.1) is 0 Å². The molecule has 0 aromatic rings. The van der Waals surface area contributed by atoms with Crippen molar-refractivity contribution < 1.29 is 28.6 Å². The first-order chi connectivity index (χ1) is 31.0. The lowest BCUT2D eigenvalue weighted by Gasteiger charge is -2.18. The molecule has 0 N–H and O–H groups in total. The summed E-state index contributed by atoms with van der Waals surface area (Å²) < 4.78 is 16.6. The van der Waals surface area contributed by atoms with Gasteiger partial charge in [0, 0.05) is 19.3 Å². The largest absolute Gasteiger partial charge is 0.462 e. The predicted octanol–water partition coefficient (Wildman–Crippen LogP) is 16.8. The lowest BCUT2D eigenvalue weighted by Crippen LogP contribution is -2.30. The maximum atomic E-state index is 12.8. The number of rotatable bonds is 44. The van der Waals surface area contributed by atoms with Gasteiger partial charge in [0.25, 0.3) is 0 Å². The molecule has 0 aliphatic carbocycles.